The van der Waals surface area contributed by atoms with E-state index in [1.807, 2.05) is 0 Å². The van der Waals surface area contributed by atoms with Crippen molar-refractivity contribution in [2.75, 3.05) is 13.2 Å². The fourth-order valence-electron chi connectivity index (χ4n) is 1.99. The molecule has 0 aliphatic heterocycles. The number of ether oxygens (including phenoxy) is 2. The van der Waals surface area contributed by atoms with Crippen molar-refractivity contribution in [1.29, 1.82) is 0 Å². The molecule has 138 valence electrons. The molecule has 0 atom stereocenters. The molecule has 2 aromatic heterocycles. The van der Waals surface area contributed by atoms with E-state index in [1.165, 1.54) is 35.4 Å². The van der Waals surface area contributed by atoms with Gasteiger partial charge in [-0.05, 0) is 44.7 Å². The standard InChI is InChI=1S/C17H18N2O5S2/c1-4-23-13(20)9-12-10(3)19-17(25-12)26-15-11(7-6-8-18-15)14(21)16(22)24-5-2/h6-8H,4-5,9H2,1-3H3. The number of Topliss-reactive ketones (excluding diaryl/α,β-unsaturated/α-hetero) is 1. The number of carbonyl (C=O) groups excluding carboxylic acids is 3. The first-order valence-electron chi connectivity index (χ1n) is 7.92. The van der Waals surface area contributed by atoms with E-state index in [0.717, 1.165) is 10.6 Å². The van der Waals surface area contributed by atoms with Crippen LogP contribution in [0.25, 0.3) is 0 Å². The molecule has 0 aliphatic carbocycles. The molecule has 0 amide bonds. The fourth-order valence-corrected chi connectivity index (χ4v) is 4.20. The van der Waals surface area contributed by atoms with Crippen LogP contribution in [0.5, 0.6) is 0 Å². The van der Waals surface area contributed by atoms with Crippen LogP contribution >= 0.6 is 23.1 Å². The minimum absolute atomic E-state index is 0.121. The Kier molecular flexibility index (Phi) is 7.28. The van der Waals surface area contributed by atoms with E-state index in [1.54, 1.807) is 26.8 Å². The van der Waals surface area contributed by atoms with Gasteiger partial charge in [-0.15, -0.1) is 11.3 Å². The Bertz CT molecular complexity index is 819. The molecule has 0 fully saturated rings. The van der Waals surface area contributed by atoms with Crippen molar-refractivity contribution in [2.45, 2.75) is 36.6 Å². The van der Waals surface area contributed by atoms with Gasteiger partial charge in [0.15, 0.2) is 4.34 Å². The van der Waals surface area contributed by atoms with E-state index in [4.69, 9.17) is 9.47 Å². The summed E-state index contributed by atoms with van der Waals surface area (Å²) < 4.78 is 10.3. The third-order valence-corrected chi connectivity index (χ3v) is 5.38. The number of aromatic nitrogens is 2. The number of esters is 2. The Morgan fingerprint density at radius 1 is 1.19 bits per heavy atom. The number of ketones is 1. The summed E-state index contributed by atoms with van der Waals surface area (Å²) in [6.45, 7) is 5.63. The van der Waals surface area contributed by atoms with Crippen molar-refractivity contribution in [1.82, 2.24) is 9.97 Å². The number of thiazole rings is 1. The van der Waals surface area contributed by atoms with Gasteiger partial charge in [-0.25, -0.2) is 14.8 Å². The van der Waals surface area contributed by atoms with Crippen LogP contribution in [0.3, 0.4) is 0 Å². The lowest BCUT2D eigenvalue weighted by atomic mass is 10.2. The number of hydrogen-bond donors (Lipinski definition) is 0. The van der Waals surface area contributed by atoms with E-state index in [9.17, 15) is 14.4 Å². The molecule has 2 heterocycles. The summed E-state index contributed by atoms with van der Waals surface area (Å²) in [5.74, 6) is -1.98. The first-order valence-corrected chi connectivity index (χ1v) is 9.55. The molecular weight excluding hydrogens is 376 g/mol. The molecule has 2 rings (SSSR count). The van der Waals surface area contributed by atoms with Gasteiger partial charge < -0.3 is 9.47 Å². The van der Waals surface area contributed by atoms with Gasteiger partial charge in [-0.2, -0.15) is 0 Å². The van der Waals surface area contributed by atoms with Gasteiger partial charge in [0.05, 0.1) is 30.9 Å². The van der Waals surface area contributed by atoms with Crippen LogP contribution in [0.15, 0.2) is 27.7 Å². The Morgan fingerprint density at radius 3 is 2.62 bits per heavy atom. The monoisotopic (exact) mass is 394 g/mol. The Labute approximate surface area is 159 Å². The van der Waals surface area contributed by atoms with Crippen molar-refractivity contribution in [3.63, 3.8) is 0 Å². The second-order valence-electron chi connectivity index (χ2n) is 4.98. The van der Waals surface area contributed by atoms with Crippen molar-refractivity contribution < 1.29 is 23.9 Å². The van der Waals surface area contributed by atoms with Crippen LogP contribution in [-0.2, 0) is 25.5 Å². The Balaban J connectivity index is 2.20. The maximum absolute atomic E-state index is 12.2. The number of pyridine rings is 1. The molecule has 0 saturated heterocycles. The highest BCUT2D eigenvalue weighted by Gasteiger charge is 2.23. The van der Waals surface area contributed by atoms with Crippen LogP contribution < -0.4 is 0 Å². The lowest BCUT2D eigenvalue weighted by molar-refractivity contribution is -0.142. The number of nitrogens with zero attached hydrogens (tertiary/aromatic N) is 2. The molecule has 0 radical (unpaired) electrons. The van der Waals surface area contributed by atoms with Crippen molar-refractivity contribution in [3.8, 4) is 0 Å². The van der Waals surface area contributed by atoms with Gasteiger partial charge >= 0.3 is 11.9 Å². The summed E-state index contributed by atoms with van der Waals surface area (Å²) in [5.41, 5.74) is 0.885. The van der Waals surface area contributed by atoms with Crippen LogP contribution in [0.4, 0.5) is 0 Å². The van der Waals surface area contributed by atoms with Crippen LogP contribution in [0, 0.1) is 6.92 Å². The number of hydrogen-bond acceptors (Lipinski definition) is 9. The van der Waals surface area contributed by atoms with Gasteiger partial charge in [-0.3, -0.25) is 9.59 Å². The molecule has 0 saturated carbocycles. The highest BCUT2D eigenvalue weighted by atomic mass is 32.2. The summed E-state index contributed by atoms with van der Waals surface area (Å²) in [5, 5.41) is 0.363. The average Bonchev–Trinajstić information content (AvgIpc) is 2.94. The maximum atomic E-state index is 12.2. The first kappa shape index (κ1) is 20.1. The lowest BCUT2D eigenvalue weighted by Crippen LogP contribution is -2.18. The molecule has 0 unspecified atom stereocenters. The second-order valence-corrected chi connectivity index (χ2v) is 7.30. The second kappa shape index (κ2) is 9.44. The zero-order valence-electron chi connectivity index (χ0n) is 14.6. The zero-order chi connectivity index (χ0) is 19.1. The topological polar surface area (TPSA) is 95.5 Å². The van der Waals surface area contributed by atoms with Gasteiger partial charge in [0.1, 0.15) is 5.03 Å². The summed E-state index contributed by atoms with van der Waals surface area (Å²) in [6, 6.07) is 3.10. The van der Waals surface area contributed by atoms with Gasteiger partial charge in [0.25, 0.3) is 5.78 Å². The van der Waals surface area contributed by atoms with Gasteiger partial charge in [0.2, 0.25) is 0 Å². The molecule has 26 heavy (non-hydrogen) atoms. The van der Waals surface area contributed by atoms with E-state index < -0.39 is 11.8 Å². The highest BCUT2D eigenvalue weighted by Crippen LogP contribution is 2.34. The molecule has 0 aliphatic rings. The minimum Gasteiger partial charge on any atom is -0.466 e. The van der Waals surface area contributed by atoms with Crippen molar-refractivity contribution >= 4 is 40.8 Å². The molecule has 0 bridgehead atoms. The molecule has 0 aromatic carbocycles. The van der Waals surface area contributed by atoms with E-state index in [0.29, 0.717) is 16.0 Å². The van der Waals surface area contributed by atoms with Gasteiger partial charge in [-0.1, -0.05) is 0 Å². The molecule has 0 spiro atoms. The minimum atomic E-state index is -0.916. The summed E-state index contributed by atoms with van der Waals surface area (Å²) in [4.78, 5) is 45.0. The van der Waals surface area contributed by atoms with Crippen LogP contribution in [-0.4, -0.2) is 40.9 Å². The van der Waals surface area contributed by atoms with E-state index in [2.05, 4.69) is 9.97 Å². The third kappa shape index (κ3) is 5.12. The van der Waals surface area contributed by atoms with E-state index >= 15 is 0 Å². The van der Waals surface area contributed by atoms with E-state index in [-0.39, 0.29) is 24.6 Å². The summed E-state index contributed by atoms with van der Waals surface area (Å²) in [7, 11) is 0. The van der Waals surface area contributed by atoms with Crippen LogP contribution in [0.1, 0.15) is 34.8 Å². The molecule has 0 N–H and O–H groups in total. The lowest BCUT2D eigenvalue weighted by Gasteiger charge is -2.05. The Hall–Kier alpha value is -2.26. The van der Waals surface area contributed by atoms with Gasteiger partial charge in [0, 0.05) is 11.1 Å². The quantitative estimate of drug-likeness (QED) is 0.383. The summed E-state index contributed by atoms with van der Waals surface area (Å²) in [6.07, 6.45) is 1.68. The number of rotatable bonds is 8. The molecular formula is C17H18N2O5S2. The normalized spacial score (nSPS) is 10.4. The Morgan fingerprint density at radius 2 is 1.92 bits per heavy atom. The SMILES string of the molecule is CCOC(=O)Cc1sc(Sc2ncccc2C(=O)C(=O)OCC)nc1C. The first-order chi connectivity index (χ1) is 12.5. The zero-order valence-corrected chi connectivity index (χ0v) is 16.2. The molecule has 7 nitrogen and oxygen atoms in total. The van der Waals surface area contributed by atoms with Crippen molar-refractivity contribution in [3.05, 3.63) is 34.5 Å². The number of aryl methyl sites for hydroxylation is 1. The summed E-state index contributed by atoms with van der Waals surface area (Å²) >= 11 is 2.50. The smallest absolute Gasteiger partial charge is 0.379 e. The van der Waals surface area contributed by atoms with Crippen molar-refractivity contribution in [2.24, 2.45) is 0 Å². The van der Waals surface area contributed by atoms with Crippen LogP contribution in [0.2, 0.25) is 0 Å². The number of carbonyl (C=O) groups is 3. The predicted molar refractivity (Wildman–Crippen MR) is 96.5 cm³/mol. The largest absolute Gasteiger partial charge is 0.466 e. The predicted octanol–water partition coefficient (Wildman–Crippen LogP) is 2.85. The average molecular weight is 394 g/mol. The molecule has 2 aromatic rings. The highest BCUT2D eigenvalue weighted by molar-refractivity contribution is 8.01. The maximum Gasteiger partial charge on any atom is 0.379 e. The molecule has 9 heteroatoms. The third-order valence-electron chi connectivity index (χ3n) is 3.14. The fraction of sp³-hybridized carbons (Fsp3) is 0.353.